The van der Waals surface area contributed by atoms with Gasteiger partial charge in [-0.05, 0) is 36.8 Å². The summed E-state index contributed by atoms with van der Waals surface area (Å²) in [6.45, 7) is 2.00. The molecule has 0 saturated heterocycles. The molecule has 0 bridgehead atoms. The van der Waals surface area contributed by atoms with Crippen LogP contribution in [-0.4, -0.2) is 18.4 Å². The molecule has 2 aromatic rings. The lowest BCUT2D eigenvalue weighted by Gasteiger charge is -2.02. The van der Waals surface area contributed by atoms with Crippen LogP contribution in [-0.2, 0) is 0 Å². The highest BCUT2D eigenvalue weighted by Crippen LogP contribution is 2.32. The van der Waals surface area contributed by atoms with E-state index in [9.17, 15) is 4.79 Å². The molecule has 0 radical (unpaired) electrons. The zero-order valence-electron chi connectivity index (χ0n) is 12.7. The fourth-order valence-corrected chi connectivity index (χ4v) is 2.06. The van der Waals surface area contributed by atoms with Gasteiger partial charge in [-0.25, -0.2) is 5.43 Å². The molecule has 2 aromatic carbocycles. The Kier molecular flexibility index (Phi) is 4.38. The SMILES string of the molecule is CC(/C=C/c1ccccc1)=NNC(=O)c1ccc2c(c1)OCO2. The summed E-state index contributed by atoms with van der Waals surface area (Å²) in [6.07, 6.45) is 3.78. The highest BCUT2D eigenvalue weighted by Gasteiger charge is 2.15. The van der Waals surface area contributed by atoms with Gasteiger partial charge in [-0.1, -0.05) is 36.4 Å². The van der Waals surface area contributed by atoms with Gasteiger partial charge in [-0.2, -0.15) is 5.10 Å². The number of hydrogen-bond donors (Lipinski definition) is 1. The summed E-state index contributed by atoms with van der Waals surface area (Å²) >= 11 is 0. The van der Waals surface area contributed by atoms with Gasteiger partial charge in [0.05, 0.1) is 5.71 Å². The predicted molar refractivity (Wildman–Crippen MR) is 88.6 cm³/mol. The molecule has 5 nitrogen and oxygen atoms in total. The fourth-order valence-electron chi connectivity index (χ4n) is 2.06. The molecule has 5 heteroatoms. The Morgan fingerprint density at radius 1 is 1.13 bits per heavy atom. The van der Waals surface area contributed by atoms with E-state index in [1.807, 2.05) is 49.4 Å². The minimum atomic E-state index is -0.296. The molecule has 1 N–H and O–H groups in total. The van der Waals surface area contributed by atoms with Crippen molar-refractivity contribution in [2.45, 2.75) is 6.92 Å². The maximum absolute atomic E-state index is 12.1. The monoisotopic (exact) mass is 308 g/mol. The zero-order chi connectivity index (χ0) is 16.1. The van der Waals surface area contributed by atoms with Crippen molar-refractivity contribution in [3.05, 3.63) is 65.7 Å². The summed E-state index contributed by atoms with van der Waals surface area (Å²) in [5, 5.41) is 4.07. The molecule has 0 saturated carbocycles. The Balaban J connectivity index is 1.62. The van der Waals surface area contributed by atoms with Crippen LogP contribution in [0.5, 0.6) is 11.5 Å². The standard InChI is InChI=1S/C18H16N2O3/c1-13(7-8-14-5-3-2-4-6-14)19-20-18(21)15-9-10-16-17(11-15)23-12-22-16/h2-11H,12H2,1H3,(H,20,21)/b8-7+,19-13?. The normalized spacial score (nSPS) is 13.3. The number of nitrogens with zero attached hydrogens (tertiary/aromatic N) is 1. The first-order valence-corrected chi connectivity index (χ1v) is 7.20. The number of rotatable bonds is 4. The average molecular weight is 308 g/mol. The number of allylic oxidation sites excluding steroid dienone is 1. The number of amides is 1. The van der Waals surface area contributed by atoms with Gasteiger partial charge >= 0.3 is 0 Å². The van der Waals surface area contributed by atoms with E-state index < -0.39 is 0 Å². The third kappa shape index (κ3) is 3.77. The zero-order valence-corrected chi connectivity index (χ0v) is 12.7. The highest BCUT2D eigenvalue weighted by molar-refractivity contribution is 5.99. The smallest absolute Gasteiger partial charge is 0.271 e. The lowest BCUT2D eigenvalue weighted by atomic mass is 10.2. The van der Waals surface area contributed by atoms with Crippen LogP contribution in [0.25, 0.3) is 6.08 Å². The number of ether oxygens (including phenoxy) is 2. The maximum atomic E-state index is 12.1. The third-order valence-electron chi connectivity index (χ3n) is 3.29. The molecule has 0 atom stereocenters. The van der Waals surface area contributed by atoms with Gasteiger partial charge in [0.25, 0.3) is 5.91 Å². The number of benzene rings is 2. The van der Waals surface area contributed by atoms with E-state index in [2.05, 4.69) is 10.5 Å². The number of hydrazone groups is 1. The molecule has 1 amide bonds. The molecule has 0 aliphatic carbocycles. The lowest BCUT2D eigenvalue weighted by Crippen LogP contribution is -2.18. The molecule has 0 aromatic heterocycles. The second-order valence-electron chi connectivity index (χ2n) is 5.01. The minimum Gasteiger partial charge on any atom is -0.454 e. The van der Waals surface area contributed by atoms with Crippen LogP contribution in [0.2, 0.25) is 0 Å². The van der Waals surface area contributed by atoms with E-state index in [0.717, 1.165) is 5.56 Å². The van der Waals surface area contributed by atoms with E-state index in [4.69, 9.17) is 9.47 Å². The topological polar surface area (TPSA) is 59.9 Å². The van der Waals surface area contributed by atoms with Gasteiger partial charge in [0.1, 0.15) is 0 Å². The van der Waals surface area contributed by atoms with Gasteiger partial charge in [0, 0.05) is 5.56 Å². The van der Waals surface area contributed by atoms with Crippen molar-refractivity contribution in [1.29, 1.82) is 0 Å². The van der Waals surface area contributed by atoms with Gasteiger partial charge in [-0.3, -0.25) is 4.79 Å². The van der Waals surface area contributed by atoms with Crippen molar-refractivity contribution in [3.8, 4) is 11.5 Å². The fraction of sp³-hybridized carbons (Fsp3) is 0.111. The largest absolute Gasteiger partial charge is 0.454 e. The molecular formula is C18H16N2O3. The van der Waals surface area contributed by atoms with E-state index in [-0.39, 0.29) is 12.7 Å². The van der Waals surface area contributed by atoms with E-state index in [1.54, 1.807) is 18.2 Å². The van der Waals surface area contributed by atoms with Crippen LogP contribution in [0.1, 0.15) is 22.8 Å². The van der Waals surface area contributed by atoms with E-state index >= 15 is 0 Å². The number of fused-ring (bicyclic) bond motifs is 1. The summed E-state index contributed by atoms with van der Waals surface area (Å²) in [5.41, 5.74) is 4.77. The summed E-state index contributed by atoms with van der Waals surface area (Å²) < 4.78 is 10.5. The molecule has 3 rings (SSSR count). The second-order valence-corrected chi connectivity index (χ2v) is 5.01. The van der Waals surface area contributed by atoms with E-state index in [0.29, 0.717) is 22.8 Å². The first-order valence-electron chi connectivity index (χ1n) is 7.20. The first-order chi connectivity index (χ1) is 11.2. The Morgan fingerprint density at radius 2 is 1.91 bits per heavy atom. The summed E-state index contributed by atoms with van der Waals surface area (Å²) in [6, 6.07) is 14.9. The van der Waals surface area contributed by atoms with Crippen molar-refractivity contribution in [3.63, 3.8) is 0 Å². The van der Waals surface area contributed by atoms with Crippen molar-refractivity contribution in [1.82, 2.24) is 5.43 Å². The van der Waals surface area contributed by atoms with Crippen LogP contribution in [0.4, 0.5) is 0 Å². The summed E-state index contributed by atoms with van der Waals surface area (Å²) in [7, 11) is 0. The van der Waals surface area contributed by atoms with Crippen molar-refractivity contribution < 1.29 is 14.3 Å². The first kappa shape index (κ1) is 14.8. The van der Waals surface area contributed by atoms with Gasteiger partial charge < -0.3 is 9.47 Å². The van der Waals surface area contributed by atoms with Gasteiger partial charge in [0.2, 0.25) is 6.79 Å². The molecule has 116 valence electrons. The van der Waals surface area contributed by atoms with Crippen LogP contribution in [0.3, 0.4) is 0 Å². The van der Waals surface area contributed by atoms with Crippen LogP contribution < -0.4 is 14.9 Å². The maximum Gasteiger partial charge on any atom is 0.271 e. The number of hydrogen-bond acceptors (Lipinski definition) is 4. The Morgan fingerprint density at radius 3 is 2.74 bits per heavy atom. The Labute approximate surface area is 134 Å². The molecule has 0 unspecified atom stereocenters. The van der Waals surface area contributed by atoms with Crippen LogP contribution in [0.15, 0.2) is 59.7 Å². The number of nitrogens with one attached hydrogen (secondary N) is 1. The quantitative estimate of drug-likeness (QED) is 0.697. The van der Waals surface area contributed by atoms with Crippen LogP contribution >= 0.6 is 0 Å². The van der Waals surface area contributed by atoms with Gasteiger partial charge in [0.15, 0.2) is 11.5 Å². The third-order valence-corrected chi connectivity index (χ3v) is 3.29. The van der Waals surface area contributed by atoms with Crippen molar-refractivity contribution in [2.24, 2.45) is 5.10 Å². The predicted octanol–water partition coefficient (Wildman–Crippen LogP) is 3.23. The Bertz CT molecular complexity index is 767. The molecule has 23 heavy (non-hydrogen) atoms. The second kappa shape index (κ2) is 6.79. The molecule has 1 aliphatic rings. The van der Waals surface area contributed by atoms with Crippen LogP contribution in [0, 0.1) is 0 Å². The van der Waals surface area contributed by atoms with Crippen molar-refractivity contribution in [2.75, 3.05) is 6.79 Å². The molecule has 0 spiro atoms. The Hall–Kier alpha value is -3.08. The number of carbonyl (C=O) groups is 1. The summed E-state index contributed by atoms with van der Waals surface area (Å²) in [5.74, 6) is 0.921. The lowest BCUT2D eigenvalue weighted by molar-refractivity contribution is 0.0954. The molecule has 1 aliphatic heterocycles. The highest BCUT2D eigenvalue weighted by atomic mass is 16.7. The van der Waals surface area contributed by atoms with Gasteiger partial charge in [-0.15, -0.1) is 0 Å². The summed E-state index contributed by atoms with van der Waals surface area (Å²) in [4.78, 5) is 12.1. The van der Waals surface area contributed by atoms with E-state index in [1.165, 1.54) is 0 Å². The number of carbonyl (C=O) groups excluding carboxylic acids is 1. The molecule has 0 fully saturated rings. The minimum absolute atomic E-state index is 0.182. The molecular weight excluding hydrogens is 292 g/mol. The van der Waals surface area contributed by atoms with Crippen molar-refractivity contribution >= 4 is 17.7 Å². The average Bonchev–Trinajstić information content (AvgIpc) is 3.06. The molecule has 1 heterocycles.